The lowest BCUT2D eigenvalue weighted by atomic mass is 10.0. The van der Waals surface area contributed by atoms with Gasteiger partial charge < -0.3 is 24.6 Å². The molecule has 11 heteroatoms. The van der Waals surface area contributed by atoms with Gasteiger partial charge in [-0.05, 0) is 24.6 Å². The van der Waals surface area contributed by atoms with Gasteiger partial charge >= 0.3 is 0 Å². The van der Waals surface area contributed by atoms with Crippen LogP contribution in [0.25, 0.3) is 22.2 Å². The molecular formula is C30H31F2N5O3S. The van der Waals surface area contributed by atoms with Crippen LogP contribution >= 0.6 is 0 Å². The lowest BCUT2D eigenvalue weighted by Crippen LogP contribution is -2.38. The molecule has 2 aliphatic rings. The molecule has 0 amide bonds. The minimum atomic E-state index is -1.30. The van der Waals surface area contributed by atoms with Crippen LogP contribution in [0.4, 0.5) is 31.7 Å². The Morgan fingerprint density at radius 3 is 2.34 bits per heavy atom. The first-order valence-corrected chi connectivity index (χ1v) is 15.1. The normalized spacial score (nSPS) is 16.7. The Hall–Kier alpha value is -3.67. The van der Waals surface area contributed by atoms with Crippen LogP contribution in [0.3, 0.4) is 0 Å². The van der Waals surface area contributed by atoms with E-state index in [-0.39, 0.29) is 10.9 Å². The fraction of sp³-hybridized carbons (Fsp3) is 0.333. The number of anilines is 4. The molecule has 0 radical (unpaired) electrons. The maximum atomic E-state index is 15.5. The van der Waals surface area contributed by atoms with Gasteiger partial charge in [0.1, 0.15) is 11.6 Å². The highest BCUT2D eigenvalue weighted by Gasteiger charge is 2.24. The van der Waals surface area contributed by atoms with Crippen LogP contribution in [0.2, 0.25) is 0 Å². The van der Waals surface area contributed by atoms with E-state index >= 15 is 4.39 Å². The van der Waals surface area contributed by atoms with Gasteiger partial charge in [0.15, 0.2) is 5.82 Å². The standard InChI is InChI=1S/C30H31F2N5O3S/c1-19-28(22-5-3-4-6-26(22)41(2)38)34-24-16-20(31)15-23(32)27(24)29(19)35-25-17-21(36-7-11-39-12-8-36)18-33-30(25)37-9-13-40-14-10-37/h3-6,15-18H,7-14H2,1-2H3,(H,34,35)/t41-/m0/s1. The zero-order valence-corrected chi connectivity index (χ0v) is 23.8. The van der Waals surface area contributed by atoms with Crippen LogP contribution < -0.4 is 15.1 Å². The molecule has 0 aliphatic carbocycles. The zero-order valence-electron chi connectivity index (χ0n) is 23.0. The molecule has 0 unspecified atom stereocenters. The Labute approximate surface area is 239 Å². The van der Waals surface area contributed by atoms with Gasteiger partial charge in [-0.25, -0.2) is 18.7 Å². The van der Waals surface area contributed by atoms with Gasteiger partial charge in [-0.3, -0.25) is 4.21 Å². The molecule has 41 heavy (non-hydrogen) atoms. The van der Waals surface area contributed by atoms with Crippen LogP contribution in [0.15, 0.2) is 53.6 Å². The quantitative estimate of drug-likeness (QED) is 0.341. The van der Waals surface area contributed by atoms with Crippen molar-refractivity contribution in [1.82, 2.24) is 9.97 Å². The molecule has 2 aromatic carbocycles. The molecular weight excluding hydrogens is 548 g/mol. The molecule has 214 valence electrons. The van der Waals surface area contributed by atoms with Gasteiger partial charge in [-0.1, -0.05) is 18.2 Å². The average Bonchev–Trinajstić information content (AvgIpc) is 2.99. The summed E-state index contributed by atoms with van der Waals surface area (Å²) < 4.78 is 53.7. The molecule has 4 aromatic rings. The summed E-state index contributed by atoms with van der Waals surface area (Å²) in [6.45, 7) is 7.04. The van der Waals surface area contributed by atoms with Crippen molar-refractivity contribution >= 4 is 44.6 Å². The molecule has 0 saturated carbocycles. The van der Waals surface area contributed by atoms with Crippen LogP contribution in [0, 0.1) is 18.6 Å². The van der Waals surface area contributed by atoms with E-state index in [2.05, 4.69) is 15.1 Å². The van der Waals surface area contributed by atoms with Gasteiger partial charge in [0.25, 0.3) is 0 Å². The number of halogens is 2. The predicted molar refractivity (Wildman–Crippen MR) is 158 cm³/mol. The summed E-state index contributed by atoms with van der Waals surface area (Å²) in [5.74, 6) is -0.725. The monoisotopic (exact) mass is 579 g/mol. The highest BCUT2D eigenvalue weighted by Crippen LogP contribution is 2.40. The van der Waals surface area contributed by atoms with E-state index in [4.69, 9.17) is 19.4 Å². The Bertz CT molecular complexity index is 1620. The molecule has 4 heterocycles. The third kappa shape index (κ3) is 5.49. The smallest absolute Gasteiger partial charge is 0.152 e. The summed E-state index contributed by atoms with van der Waals surface area (Å²) >= 11 is 0. The largest absolute Gasteiger partial charge is 0.378 e. The molecule has 6 rings (SSSR count). The van der Waals surface area contributed by atoms with Crippen molar-refractivity contribution in [2.75, 3.05) is 74.0 Å². The Morgan fingerprint density at radius 2 is 1.63 bits per heavy atom. The van der Waals surface area contributed by atoms with E-state index in [9.17, 15) is 8.60 Å². The molecule has 0 spiro atoms. The van der Waals surface area contributed by atoms with Crippen LogP contribution in [-0.4, -0.2) is 73.0 Å². The van der Waals surface area contributed by atoms with E-state index in [1.165, 1.54) is 6.07 Å². The number of morpholine rings is 2. The molecule has 8 nitrogen and oxygen atoms in total. The average molecular weight is 580 g/mol. The van der Waals surface area contributed by atoms with E-state index in [0.29, 0.717) is 78.4 Å². The molecule has 2 aliphatic heterocycles. The second kappa shape index (κ2) is 11.7. The summed E-state index contributed by atoms with van der Waals surface area (Å²) in [5, 5.41) is 3.67. The third-order valence-electron chi connectivity index (χ3n) is 7.50. The van der Waals surface area contributed by atoms with Gasteiger partial charge in [0.2, 0.25) is 0 Å². The van der Waals surface area contributed by atoms with Crippen molar-refractivity contribution in [2.24, 2.45) is 0 Å². The summed E-state index contributed by atoms with van der Waals surface area (Å²) in [6, 6.07) is 11.4. The second-order valence-electron chi connectivity index (χ2n) is 10.1. The number of nitrogens with one attached hydrogen (secondary N) is 1. The van der Waals surface area contributed by atoms with Crippen molar-refractivity contribution < 1.29 is 22.5 Å². The number of benzene rings is 2. The van der Waals surface area contributed by atoms with Gasteiger partial charge in [-0.15, -0.1) is 0 Å². The van der Waals surface area contributed by atoms with Crippen molar-refractivity contribution in [3.63, 3.8) is 0 Å². The minimum absolute atomic E-state index is 0.160. The highest BCUT2D eigenvalue weighted by molar-refractivity contribution is 7.84. The lowest BCUT2D eigenvalue weighted by Gasteiger charge is -2.32. The first-order valence-electron chi connectivity index (χ1n) is 13.6. The molecule has 1 atom stereocenters. The number of ether oxygens (including phenoxy) is 2. The fourth-order valence-corrected chi connectivity index (χ4v) is 6.18. The number of hydrogen-bond acceptors (Lipinski definition) is 8. The Morgan fingerprint density at radius 1 is 0.951 bits per heavy atom. The molecule has 2 saturated heterocycles. The van der Waals surface area contributed by atoms with Crippen LogP contribution in [0.5, 0.6) is 0 Å². The van der Waals surface area contributed by atoms with Gasteiger partial charge in [0.05, 0.1) is 77.1 Å². The Balaban J connectivity index is 1.55. The molecule has 1 N–H and O–H groups in total. The number of fused-ring (bicyclic) bond motifs is 1. The number of pyridine rings is 2. The van der Waals surface area contributed by atoms with Crippen LogP contribution in [-0.2, 0) is 20.3 Å². The fourth-order valence-electron chi connectivity index (χ4n) is 5.43. The summed E-state index contributed by atoms with van der Waals surface area (Å²) in [6.07, 6.45) is 3.46. The highest BCUT2D eigenvalue weighted by atomic mass is 32.2. The first kappa shape index (κ1) is 27.5. The second-order valence-corrected chi connectivity index (χ2v) is 11.4. The van der Waals surface area contributed by atoms with Crippen molar-refractivity contribution in [1.29, 1.82) is 0 Å². The SMILES string of the molecule is Cc1c(-c2ccccc2[S@](C)=O)nc2cc(F)cc(F)c2c1Nc1cc(N2CCOCC2)cnc1N1CCOCC1. The van der Waals surface area contributed by atoms with Gasteiger partial charge in [-0.2, -0.15) is 0 Å². The zero-order chi connectivity index (χ0) is 28.5. The van der Waals surface area contributed by atoms with E-state index < -0.39 is 22.4 Å². The van der Waals surface area contributed by atoms with Crippen molar-refractivity contribution in [3.05, 3.63) is 65.9 Å². The maximum absolute atomic E-state index is 15.5. The summed E-state index contributed by atoms with van der Waals surface area (Å²) in [7, 11) is -1.30. The predicted octanol–water partition coefficient (Wildman–Crippen LogP) is 5.04. The molecule has 2 fully saturated rings. The minimum Gasteiger partial charge on any atom is -0.378 e. The number of hydrogen-bond donors (Lipinski definition) is 1. The van der Waals surface area contributed by atoms with E-state index in [1.807, 2.05) is 37.4 Å². The summed E-state index contributed by atoms with van der Waals surface area (Å²) in [5.41, 5.74) is 4.01. The first-order chi connectivity index (χ1) is 19.9. The van der Waals surface area contributed by atoms with Gasteiger partial charge in [0, 0.05) is 55.0 Å². The Kier molecular flexibility index (Phi) is 7.83. The number of aromatic nitrogens is 2. The molecule has 0 bridgehead atoms. The molecule has 2 aromatic heterocycles. The number of nitrogens with zero attached hydrogens (tertiary/aromatic N) is 4. The lowest BCUT2D eigenvalue weighted by molar-refractivity contribution is 0.122. The number of rotatable bonds is 6. The van der Waals surface area contributed by atoms with E-state index in [1.54, 1.807) is 12.3 Å². The van der Waals surface area contributed by atoms with Crippen LogP contribution in [0.1, 0.15) is 5.56 Å². The van der Waals surface area contributed by atoms with Crippen molar-refractivity contribution in [3.8, 4) is 11.3 Å². The van der Waals surface area contributed by atoms with Crippen molar-refractivity contribution in [2.45, 2.75) is 11.8 Å². The van der Waals surface area contributed by atoms with E-state index in [0.717, 1.165) is 24.8 Å². The topological polar surface area (TPSA) is 79.8 Å². The third-order valence-corrected chi connectivity index (χ3v) is 8.47. The maximum Gasteiger partial charge on any atom is 0.152 e. The summed E-state index contributed by atoms with van der Waals surface area (Å²) in [4.78, 5) is 14.5.